The van der Waals surface area contributed by atoms with E-state index in [1.165, 1.54) is 36.0 Å². The minimum atomic E-state index is -0.0385. The van der Waals surface area contributed by atoms with Gasteiger partial charge in [0, 0.05) is 28.8 Å². The Morgan fingerprint density at radius 3 is 2.70 bits per heavy atom. The minimum absolute atomic E-state index is 0.0385. The molecule has 0 saturated heterocycles. The van der Waals surface area contributed by atoms with Crippen LogP contribution in [-0.4, -0.2) is 23.8 Å². The first-order valence-electron chi connectivity index (χ1n) is 11.0. The van der Waals surface area contributed by atoms with Crippen LogP contribution in [0.1, 0.15) is 60.5 Å². The molecule has 1 N–H and O–H groups in total. The van der Waals surface area contributed by atoms with E-state index in [1.807, 2.05) is 24.3 Å². The van der Waals surface area contributed by atoms with E-state index in [9.17, 15) is 4.79 Å². The summed E-state index contributed by atoms with van der Waals surface area (Å²) in [5.41, 5.74) is 3.64. The largest absolute Gasteiger partial charge is 0.487 e. The van der Waals surface area contributed by atoms with Gasteiger partial charge in [-0.1, -0.05) is 47.9 Å². The van der Waals surface area contributed by atoms with E-state index >= 15 is 0 Å². The summed E-state index contributed by atoms with van der Waals surface area (Å²) in [5, 5.41) is 4.12. The first-order chi connectivity index (χ1) is 14.5. The second-order valence-electron chi connectivity index (χ2n) is 8.62. The third-order valence-electron chi connectivity index (χ3n) is 6.23. The Labute approximate surface area is 188 Å². The number of nitrogens with one attached hydrogen (secondary N) is 1. The summed E-state index contributed by atoms with van der Waals surface area (Å²) in [7, 11) is 0. The molecule has 2 aromatic rings. The van der Waals surface area contributed by atoms with Crippen molar-refractivity contribution in [3.05, 3.63) is 64.2 Å². The zero-order valence-corrected chi connectivity index (χ0v) is 19.2. The number of ether oxygens (including phenoxy) is 1. The molecule has 1 spiro atoms. The Hall–Kier alpha value is -1.65. The zero-order chi connectivity index (χ0) is 21.0. The summed E-state index contributed by atoms with van der Waals surface area (Å²) < 4.78 is 6.55. The standard InChI is InChI=1S/C25H30ClNO2S/c1-18-5-10-22-21(15-18)23(16-25(29-22)12-3-2-4-13-25)30-17-24(28)27-14-11-19-6-8-20(26)9-7-19/h5-10,15,23H,2-4,11-14,16-17H2,1H3,(H,27,28)/t23-/m0/s1. The fraction of sp³-hybridized carbons (Fsp3) is 0.480. The van der Waals surface area contributed by atoms with Gasteiger partial charge in [0.2, 0.25) is 5.91 Å². The molecule has 1 aliphatic carbocycles. The molecule has 30 heavy (non-hydrogen) atoms. The number of benzene rings is 2. The molecule has 0 unspecified atom stereocenters. The van der Waals surface area contributed by atoms with Crippen molar-refractivity contribution in [2.45, 2.75) is 62.7 Å². The highest BCUT2D eigenvalue weighted by atomic mass is 35.5. The second-order valence-corrected chi connectivity index (χ2v) is 10.2. The summed E-state index contributed by atoms with van der Waals surface area (Å²) >= 11 is 7.69. The van der Waals surface area contributed by atoms with Crippen molar-refractivity contribution in [2.24, 2.45) is 0 Å². The predicted molar refractivity (Wildman–Crippen MR) is 126 cm³/mol. The van der Waals surface area contributed by atoms with Gasteiger partial charge in [-0.2, -0.15) is 0 Å². The molecule has 5 heteroatoms. The third-order valence-corrected chi connectivity index (χ3v) is 7.73. The van der Waals surface area contributed by atoms with Crippen LogP contribution in [-0.2, 0) is 11.2 Å². The Morgan fingerprint density at radius 1 is 1.17 bits per heavy atom. The molecule has 2 aromatic carbocycles. The van der Waals surface area contributed by atoms with Crippen molar-refractivity contribution < 1.29 is 9.53 Å². The number of hydrogen-bond acceptors (Lipinski definition) is 3. The van der Waals surface area contributed by atoms with Crippen LogP contribution in [0, 0.1) is 6.92 Å². The summed E-state index contributed by atoms with van der Waals surface area (Å²) in [6, 6.07) is 14.3. The van der Waals surface area contributed by atoms with Crippen molar-refractivity contribution >= 4 is 29.3 Å². The van der Waals surface area contributed by atoms with E-state index in [2.05, 4.69) is 30.4 Å². The van der Waals surface area contributed by atoms with Gasteiger partial charge in [-0.15, -0.1) is 11.8 Å². The maximum atomic E-state index is 12.5. The highest BCUT2D eigenvalue weighted by Gasteiger charge is 2.42. The summed E-state index contributed by atoms with van der Waals surface area (Å²) in [5.74, 6) is 1.61. The first-order valence-corrected chi connectivity index (χ1v) is 12.4. The van der Waals surface area contributed by atoms with Gasteiger partial charge in [0.15, 0.2) is 0 Å². The molecule has 1 fully saturated rings. The maximum absolute atomic E-state index is 12.5. The van der Waals surface area contributed by atoms with Crippen LogP contribution in [0.4, 0.5) is 0 Å². The van der Waals surface area contributed by atoms with Crippen LogP contribution in [0.3, 0.4) is 0 Å². The number of rotatable bonds is 6. The number of halogens is 1. The van der Waals surface area contributed by atoms with Crippen molar-refractivity contribution in [1.29, 1.82) is 0 Å². The van der Waals surface area contributed by atoms with Crippen molar-refractivity contribution in [3.63, 3.8) is 0 Å². The Bertz CT molecular complexity index is 877. The average Bonchev–Trinajstić information content (AvgIpc) is 2.74. The predicted octanol–water partition coefficient (Wildman–Crippen LogP) is 6.27. The molecule has 1 amide bonds. The quantitative estimate of drug-likeness (QED) is 0.572. The number of hydrogen-bond donors (Lipinski definition) is 1. The van der Waals surface area contributed by atoms with Crippen LogP contribution < -0.4 is 10.1 Å². The van der Waals surface area contributed by atoms with E-state index in [0.29, 0.717) is 17.5 Å². The molecule has 1 aliphatic heterocycles. The molecule has 0 bridgehead atoms. The molecule has 1 atom stereocenters. The van der Waals surface area contributed by atoms with E-state index in [1.54, 1.807) is 11.8 Å². The number of thioether (sulfide) groups is 1. The van der Waals surface area contributed by atoms with Crippen LogP contribution >= 0.6 is 23.4 Å². The summed E-state index contributed by atoms with van der Waals surface area (Å²) in [4.78, 5) is 12.5. The Balaban J connectivity index is 1.34. The van der Waals surface area contributed by atoms with Gasteiger partial charge in [-0.25, -0.2) is 0 Å². The number of fused-ring (bicyclic) bond motifs is 1. The molecule has 1 saturated carbocycles. The number of carbonyl (C=O) groups is 1. The summed E-state index contributed by atoms with van der Waals surface area (Å²) in [6.45, 7) is 2.77. The van der Waals surface area contributed by atoms with Gasteiger partial charge in [-0.3, -0.25) is 4.79 Å². The molecule has 0 aromatic heterocycles. The second kappa shape index (κ2) is 9.65. The van der Waals surface area contributed by atoms with Gasteiger partial charge >= 0.3 is 0 Å². The van der Waals surface area contributed by atoms with Crippen molar-refractivity contribution in [1.82, 2.24) is 5.32 Å². The summed E-state index contributed by atoms with van der Waals surface area (Å²) in [6.07, 6.45) is 7.87. The van der Waals surface area contributed by atoms with Gasteiger partial charge in [-0.05, 0) is 62.8 Å². The average molecular weight is 444 g/mol. The smallest absolute Gasteiger partial charge is 0.230 e. The zero-order valence-electron chi connectivity index (χ0n) is 17.6. The SMILES string of the molecule is Cc1ccc2c(c1)[C@@H](SCC(=O)NCCc1ccc(Cl)cc1)CC1(CCCCC1)O2. The highest BCUT2D eigenvalue weighted by Crippen LogP contribution is 2.51. The molecule has 1 heterocycles. The molecule has 2 aliphatic rings. The molecular formula is C25H30ClNO2S. The van der Waals surface area contributed by atoms with Gasteiger partial charge in [0.1, 0.15) is 11.4 Å². The van der Waals surface area contributed by atoms with Crippen LogP contribution in [0.25, 0.3) is 0 Å². The lowest BCUT2D eigenvalue weighted by atomic mass is 9.78. The number of carbonyl (C=O) groups excluding carboxylic acids is 1. The van der Waals surface area contributed by atoms with E-state index < -0.39 is 0 Å². The lowest BCUT2D eigenvalue weighted by Crippen LogP contribution is -2.42. The fourth-order valence-corrected chi connectivity index (χ4v) is 5.98. The Kier molecular flexibility index (Phi) is 6.94. The lowest BCUT2D eigenvalue weighted by molar-refractivity contribution is -0.118. The number of aryl methyl sites for hydroxylation is 1. The third kappa shape index (κ3) is 5.33. The van der Waals surface area contributed by atoms with Gasteiger partial charge in [0.25, 0.3) is 0 Å². The monoisotopic (exact) mass is 443 g/mol. The lowest BCUT2D eigenvalue weighted by Gasteiger charge is -2.44. The topological polar surface area (TPSA) is 38.3 Å². The van der Waals surface area contributed by atoms with Gasteiger partial charge in [0.05, 0.1) is 5.75 Å². The minimum Gasteiger partial charge on any atom is -0.487 e. The molecular weight excluding hydrogens is 414 g/mol. The van der Waals surface area contributed by atoms with Crippen molar-refractivity contribution in [2.75, 3.05) is 12.3 Å². The van der Waals surface area contributed by atoms with Crippen LogP contribution in [0.5, 0.6) is 5.75 Å². The first kappa shape index (κ1) is 21.6. The van der Waals surface area contributed by atoms with Crippen LogP contribution in [0.15, 0.2) is 42.5 Å². The van der Waals surface area contributed by atoms with E-state index in [-0.39, 0.29) is 11.5 Å². The van der Waals surface area contributed by atoms with Crippen molar-refractivity contribution in [3.8, 4) is 5.75 Å². The maximum Gasteiger partial charge on any atom is 0.230 e. The van der Waals surface area contributed by atoms with Gasteiger partial charge < -0.3 is 10.1 Å². The molecule has 160 valence electrons. The fourth-order valence-electron chi connectivity index (χ4n) is 4.61. The molecule has 0 radical (unpaired) electrons. The van der Waals surface area contributed by atoms with E-state index in [4.69, 9.17) is 16.3 Å². The molecule has 3 nitrogen and oxygen atoms in total. The Morgan fingerprint density at radius 2 is 1.93 bits per heavy atom. The van der Waals surface area contributed by atoms with E-state index in [0.717, 1.165) is 36.5 Å². The highest BCUT2D eigenvalue weighted by molar-refractivity contribution is 8.00. The number of amides is 1. The molecule has 4 rings (SSSR count). The van der Waals surface area contributed by atoms with Crippen LogP contribution in [0.2, 0.25) is 5.02 Å². The normalized spacial score (nSPS) is 19.7.